The van der Waals surface area contributed by atoms with E-state index in [0.717, 1.165) is 18.4 Å². The van der Waals surface area contributed by atoms with E-state index in [1.165, 1.54) is 6.26 Å². The number of ether oxygens (including phenoxy) is 1. The molecule has 1 aromatic heterocycles. The summed E-state index contributed by atoms with van der Waals surface area (Å²) in [5.41, 5.74) is 1.45. The Labute approximate surface area is 110 Å². The molecule has 0 radical (unpaired) electrons. The molecule has 5 nitrogen and oxygen atoms in total. The molecule has 1 aliphatic rings. The zero-order chi connectivity index (χ0) is 13.1. The third-order valence-electron chi connectivity index (χ3n) is 3.07. The number of nitrogens with zero attached hydrogens (tertiary/aromatic N) is 1. The highest BCUT2D eigenvalue weighted by atomic mass is 16.5. The summed E-state index contributed by atoms with van der Waals surface area (Å²) in [6.07, 6.45) is 4.44. The Morgan fingerprint density at radius 1 is 1.37 bits per heavy atom. The molecule has 0 spiro atoms. The van der Waals surface area contributed by atoms with E-state index in [2.05, 4.69) is 10.3 Å². The highest BCUT2D eigenvalue weighted by molar-refractivity contribution is 5.97. The standard InChI is InChI=1S/C14H14N2O3/c17-13(12-6-3-8-18-12)16-11-5-2-1-4-10(11)14-15-7-9-19-14/h1-2,4-5,7,9,12H,3,6,8H2,(H,16,17)/t12-/m1/s1. The van der Waals surface area contributed by atoms with E-state index in [9.17, 15) is 4.79 Å². The van der Waals surface area contributed by atoms with Gasteiger partial charge in [-0.25, -0.2) is 4.98 Å². The van der Waals surface area contributed by atoms with Crippen LogP contribution in [-0.2, 0) is 9.53 Å². The number of hydrogen-bond acceptors (Lipinski definition) is 4. The number of benzene rings is 1. The van der Waals surface area contributed by atoms with E-state index in [1.807, 2.05) is 24.3 Å². The Kier molecular flexibility index (Phi) is 3.29. The van der Waals surface area contributed by atoms with Crippen molar-refractivity contribution in [3.05, 3.63) is 36.7 Å². The second-order valence-corrected chi connectivity index (χ2v) is 4.37. The first-order valence-electron chi connectivity index (χ1n) is 6.26. The molecule has 5 heteroatoms. The van der Waals surface area contributed by atoms with Crippen molar-refractivity contribution in [2.75, 3.05) is 11.9 Å². The number of rotatable bonds is 3. The van der Waals surface area contributed by atoms with Gasteiger partial charge in [-0.15, -0.1) is 0 Å². The number of para-hydroxylation sites is 1. The smallest absolute Gasteiger partial charge is 0.253 e. The molecule has 1 fully saturated rings. The summed E-state index contributed by atoms with van der Waals surface area (Å²) in [5, 5.41) is 2.88. The minimum Gasteiger partial charge on any atom is -0.444 e. The molecule has 1 amide bonds. The number of carbonyl (C=O) groups excluding carboxylic acids is 1. The Morgan fingerprint density at radius 2 is 2.26 bits per heavy atom. The topological polar surface area (TPSA) is 64.4 Å². The van der Waals surface area contributed by atoms with Crippen molar-refractivity contribution in [3.8, 4) is 11.5 Å². The van der Waals surface area contributed by atoms with E-state index < -0.39 is 0 Å². The van der Waals surface area contributed by atoms with Gasteiger partial charge in [-0.2, -0.15) is 0 Å². The van der Waals surface area contributed by atoms with Gasteiger partial charge in [0.15, 0.2) is 0 Å². The molecule has 0 saturated carbocycles. The summed E-state index contributed by atoms with van der Waals surface area (Å²) >= 11 is 0. The van der Waals surface area contributed by atoms with E-state index in [1.54, 1.807) is 6.20 Å². The van der Waals surface area contributed by atoms with Gasteiger partial charge >= 0.3 is 0 Å². The summed E-state index contributed by atoms with van der Waals surface area (Å²) < 4.78 is 10.6. The molecule has 2 aromatic rings. The second kappa shape index (κ2) is 5.24. The van der Waals surface area contributed by atoms with Gasteiger partial charge < -0.3 is 14.5 Å². The fourth-order valence-electron chi connectivity index (χ4n) is 2.13. The van der Waals surface area contributed by atoms with Crippen LogP contribution in [0.5, 0.6) is 0 Å². The largest absolute Gasteiger partial charge is 0.444 e. The first-order valence-corrected chi connectivity index (χ1v) is 6.26. The monoisotopic (exact) mass is 258 g/mol. The van der Waals surface area contributed by atoms with Gasteiger partial charge in [0, 0.05) is 6.61 Å². The SMILES string of the molecule is O=C(Nc1ccccc1-c1ncco1)[C@H]1CCCO1. The lowest BCUT2D eigenvalue weighted by Gasteiger charge is -2.12. The van der Waals surface area contributed by atoms with Crippen LogP contribution in [0.15, 0.2) is 41.1 Å². The van der Waals surface area contributed by atoms with Crippen LogP contribution in [0.3, 0.4) is 0 Å². The maximum absolute atomic E-state index is 12.0. The maximum atomic E-state index is 12.0. The van der Waals surface area contributed by atoms with Gasteiger partial charge in [-0.05, 0) is 25.0 Å². The average molecular weight is 258 g/mol. The molecule has 2 heterocycles. The fourth-order valence-corrected chi connectivity index (χ4v) is 2.13. The molecule has 98 valence electrons. The maximum Gasteiger partial charge on any atom is 0.253 e. The summed E-state index contributed by atoms with van der Waals surface area (Å²) in [4.78, 5) is 16.2. The summed E-state index contributed by atoms with van der Waals surface area (Å²) in [6.45, 7) is 0.652. The summed E-state index contributed by atoms with van der Waals surface area (Å²) in [5.74, 6) is 0.375. The van der Waals surface area contributed by atoms with Crippen LogP contribution in [-0.4, -0.2) is 23.6 Å². The number of nitrogens with one attached hydrogen (secondary N) is 1. The number of anilines is 1. The molecule has 1 N–H and O–H groups in total. The van der Waals surface area contributed by atoms with Crippen molar-refractivity contribution >= 4 is 11.6 Å². The third-order valence-corrected chi connectivity index (χ3v) is 3.07. The zero-order valence-corrected chi connectivity index (χ0v) is 10.3. The van der Waals surface area contributed by atoms with Crippen LogP contribution in [0.1, 0.15) is 12.8 Å². The molecule has 1 aliphatic heterocycles. The van der Waals surface area contributed by atoms with Crippen molar-refractivity contribution in [1.82, 2.24) is 4.98 Å². The normalized spacial score (nSPS) is 18.4. The molecule has 1 aromatic carbocycles. The van der Waals surface area contributed by atoms with Gasteiger partial charge in [0.25, 0.3) is 5.91 Å². The molecule has 3 rings (SSSR count). The quantitative estimate of drug-likeness (QED) is 0.918. The van der Waals surface area contributed by atoms with E-state index in [4.69, 9.17) is 9.15 Å². The van der Waals surface area contributed by atoms with Gasteiger partial charge in [0.1, 0.15) is 12.4 Å². The van der Waals surface area contributed by atoms with Gasteiger partial charge in [-0.3, -0.25) is 4.79 Å². The average Bonchev–Trinajstić information content (AvgIpc) is 3.13. The van der Waals surface area contributed by atoms with Crippen molar-refractivity contribution in [2.45, 2.75) is 18.9 Å². The number of carbonyl (C=O) groups is 1. The van der Waals surface area contributed by atoms with Crippen LogP contribution in [0.25, 0.3) is 11.5 Å². The molecular weight excluding hydrogens is 244 g/mol. The first-order chi connectivity index (χ1) is 9.34. The Balaban J connectivity index is 1.83. The predicted octanol–water partition coefficient (Wildman–Crippen LogP) is 2.46. The van der Waals surface area contributed by atoms with Gasteiger partial charge in [0.05, 0.1) is 17.4 Å². The minimum atomic E-state index is -0.349. The van der Waals surface area contributed by atoms with Crippen molar-refractivity contribution in [2.24, 2.45) is 0 Å². The molecular formula is C14H14N2O3. The van der Waals surface area contributed by atoms with Crippen LogP contribution in [0, 0.1) is 0 Å². The van der Waals surface area contributed by atoms with E-state index >= 15 is 0 Å². The van der Waals surface area contributed by atoms with Crippen molar-refractivity contribution in [1.29, 1.82) is 0 Å². The molecule has 0 unspecified atom stereocenters. The van der Waals surface area contributed by atoms with Gasteiger partial charge in [0.2, 0.25) is 5.89 Å². The number of hydrogen-bond donors (Lipinski definition) is 1. The van der Waals surface area contributed by atoms with Crippen LogP contribution >= 0.6 is 0 Å². The first kappa shape index (κ1) is 11.9. The zero-order valence-electron chi connectivity index (χ0n) is 10.3. The van der Waals surface area contributed by atoms with E-state index in [0.29, 0.717) is 18.2 Å². The summed E-state index contributed by atoms with van der Waals surface area (Å²) in [7, 11) is 0. The molecule has 19 heavy (non-hydrogen) atoms. The third kappa shape index (κ3) is 2.51. The lowest BCUT2D eigenvalue weighted by Crippen LogP contribution is -2.27. The fraction of sp³-hybridized carbons (Fsp3) is 0.286. The summed E-state index contributed by atoms with van der Waals surface area (Å²) in [6, 6.07) is 7.42. The number of oxazole rings is 1. The highest BCUT2D eigenvalue weighted by Crippen LogP contribution is 2.27. The molecule has 1 saturated heterocycles. The van der Waals surface area contributed by atoms with Crippen molar-refractivity contribution in [3.63, 3.8) is 0 Å². The molecule has 0 aliphatic carbocycles. The molecule has 1 atom stereocenters. The lowest BCUT2D eigenvalue weighted by atomic mass is 10.1. The Bertz CT molecular complexity index is 560. The second-order valence-electron chi connectivity index (χ2n) is 4.37. The molecule has 0 bridgehead atoms. The van der Waals surface area contributed by atoms with Crippen LogP contribution < -0.4 is 5.32 Å². The number of aromatic nitrogens is 1. The van der Waals surface area contributed by atoms with Crippen molar-refractivity contribution < 1.29 is 13.9 Å². The minimum absolute atomic E-state index is 0.114. The lowest BCUT2D eigenvalue weighted by molar-refractivity contribution is -0.124. The van der Waals surface area contributed by atoms with Crippen LogP contribution in [0.2, 0.25) is 0 Å². The van der Waals surface area contributed by atoms with E-state index in [-0.39, 0.29) is 12.0 Å². The van der Waals surface area contributed by atoms with Gasteiger partial charge in [-0.1, -0.05) is 12.1 Å². The van der Waals surface area contributed by atoms with Crippen LogP contribution in [0.4, 0.5) is 5.69 Å². The Hall–Kier alpha value is -2.14. The number of amides is 1. The predicted molar refractivity (Wildman–Crippen MR) is 69.5 cm³/mol. The highest BCUT2D eigenvalue weighted by Gasteiger charge is 2.24. The Morgan fingerprint density at radius 3 is 3.00 bits per heavy atom.